The molecule has 2 rings (SSSR count). The van der Waals surface area contributed by atoms with Crippen LogP contribution in [0.2, 0.25) is 0 Å². The fourth-order valence-electron chi connectivity index (χ4n) is 3.07. The van der Waals surface area contributed by atoms with Gasteiger partial charge in [0.2, 0.25) is 0 Å². The lowest BCUT2D eigenvalue weighted by Crippen LogP contribution is -2.29. The van der Waals surface area contributed by atoms with Gasteiger partial charge in [-0.3, -0.25) is 0 Å². The molecule has 1 N–H and O–H groups in total. The summed E-state index contributed by atoms with van der Waals surface area (Å²) in [5.41, 5.74) is 3.13. The predicted molar refractivity (Wildman–Crippen MR) is 82.6 cm³/mol. The molecule has 0 atom stereocenters. The van der Waals surface area contributed by atoms with E-state index in [9.17, 15) is 0 Å². The van der Waals surface area contributed by atoms with Gasteiger partial charge >= 0.3 is 0 Å². The Hall–Kier alpha value is -0.860. The Kier molecular flexibility index (Phi) is 5.87. The van der Waals surface area contributed by atoms with Crippen molar-refractivity contribution < 1.29 is 0 Å². The Morgan fingerprint density at radius 1 is 1.11 bits per heavy atom. The summed E-state index contributed by atoms with van der Waals surface area (Å²) in [7, 11) is 0. The average molecular weight is 260 g/mol. The molecule has 0 spiro atoms. The molecule has 0 unspecified atom stereocenters. The fraction of sp³-hybridized carbons (Fsp3) is 0.647. The Bertz CT molecular complexity index is 346. The molecule has 2 heteroatoms. The quantitative estimate of drug-likeness (QED) is 0.723. The highest BCUT2D eigenvalue weighted by Gasteiger charge is 2.19. The third-order valence-corrected chi connectivity index (χ3v) is 4.29. The average Bonchev–Trinajstić information content (AvgIpc) is 2.85. The number of hydrogen-bond donors (Lipinski definition) is 1. The molecule has 19 heavy (non-hydrogen) atoms. The van der Waals surface area contributed by atoms with Gasteiger partial charge in [0.25, 0.3) is 0 Å². The van der Waals surface area contributed by atoms with Crippen molar-refractivity contribution >= 4 is 0 Å². The summed E-state index contributed by atoms with van der Waals surface area (Å²) in [6.07, 6.45) is 3.79. The third-order valence-electron chi connectivity index (χ3n) is 4.29. The molecule has 1 aromatic rings. The van der Waals surface area contributed by atoms with Gasteiger partial charge < -0.3 is 10.2 Å². The van der Waals surface area contributed by atoms with Crippen LogP contribution in [0.15, 0.2) is 24.3 Å². The van der Waals surface area contributed by atoms with Crippen molar-refractivity contribution in [3.8, 4) is 0 Å². The molecule has 0 heterocycles. The maximum absolute atomic E-state index is 3.64. The summed E-state index contributed by atoms with van der Waals surface area (Å²) < 4.78 is 0. The Morgan fingerprint density at radius 2 is 1.74 bits per heavy atom. The molecule has 0 amide bonds. The molecular weight excluding hydrogens is 232 g/mol. The molecule has 1 aliphatic carbocycles. The van der Waals surface area contributed by atoms with Gasteiger partial charge in [0.15, 0.2) is 0 Å². The number of hydrogen-bond acceptors (Lipinski definition) is 2. The lowest BCUT2D eigenvalue weighted by molar-refractivity contribution is 0.297. The van der Waals surface area contributed by atoms with Gasteiger partial charge in [-0.05, 0) is 69.0 Å². The molecule has 0 aromatic heterocycles. The van der Waals surface area contributed by atoms with Crippen LogP contribution in [0.25, 0.3) is 0 Å². The van der Waals surface area contributed by atoms with Crippen LogP contribution in [-0.2, 0) is 12.8 Å². The molecular formula is C17H28N2. The van der Waals surface area contributed by atoms with Crippen molar-refractivity contribution in [2.75, 3.05) is 32.7 Å². The SMILES string of the molecule is CCN(CC)CCCNCC1Cc2ccccc2C1. The van der Waals surface area contributed by atoms with E-state index in [-0.39, 0.29) is 0 Å². The lowest BCUT2D eigenvalue weighted by Gasteiger charge is -2.18. The molecule has 0 bridgehead atoms. The van der Waals surface area contributed by atoms with Gasteiger partial charge in [0.05, 0.1) is 0 Å². The minimum absolute atomic E-state index is 0.811. The first-order chi connectivity index (χ1) is 9.33. The van der Waals surface area contributed by atoms with E-state index >= 15 is 0 Å². The molecule has 0 saturated carbocycles. The normalized spacial score (nSPS) is 15.1. The number of nitrogens with zero attached hydrogens (tertiary/aromatic N) is 1. The molecule has 0 radical (unpaired) electrons. The van der Waals surface area contributed by atoms with E-state index < -0.39 is 0 Å². The van der Waals surface area contributed by atoms with E-state index in [2.05, 4.69) is 48.3 Å². The summed E-state index contributed by atoms with van der Waals surface area (Å²) in [6, 6.07) is 8.91. The Balaban J connectivity index is 1.58. The van der Waals surface area contributed by atoms with Crippen molar-refractivity contribution in [2.45, 2.75) is 33.1 Å². The van der Waals surface area contributed by atoms with Gasteiger partial charge in [-0.15, -0.1) is 0 Å². The zero-order chi connectivity index (χ0) is 13.5. The predicted octanol–water partition coefficient (Wildman–Crippen LogP) is 2.72. The Morgan fingerprint density at radius 3 is 2.32 bits per heavy atom. The maximum Gasteiger partial charge on any atom is -0.000687 e. The molecule has 0 aliphatic heterocycles. The van der Waals surface area contributed by atoms with Crippen LogP contribution in [0.5, 0.6) is 0 Å². The standard InChI is InChI=1S/C17H28N2/c1-3-19(4-2)11-7-10-18-14-15-12-16-8-5-6-9-17(16)13-15/h5-6,8-9,15,18H,3-4,7,10-14H2,1-2H3. The highest BCUT2D eigenvalue weighted by atomic mass is 15.1. The van der Waals surface area contributed by atoms with E-state index in [4.69, 9.17) is 0 Å². The number of nitrogens with one attached hydrogen (secondary N) is 1. The van der Waals surface area contributed by atoms with Crippen molar-refractivity contribution in [1.82, 2.24) is 10.2 Å². The van der Waals surface area contributed by atoms with E-state index in [1.54, 1.807) is 11.1 Å². The fourth-order valence-corrected chi connectivity index (χ4v) is 3.07. The third kappa shape index (κ3) is 4.32. The minimum Gasteiger partial charge on any atom is -0.316 e. The number of rotatable bonds is 8. The van der Waals surface area contributed by atoms with Crippen LogP contribution < -0.4 is 5.32 Å². The largest absolute Gasteiger partial charge is 0.316 e. The summed E-state index contributed by atoms with van der Waals surface area (Å²) >= 11 is 0. The smallest absolute Gasteiger partial charge is 0.000687 e. The lowest BCUT2D eigenvalue weighted by atomic mass is 10.1. The van der Waals surface area contributed by atoms with Crippen LogP contribution in [0, 0.1) is 5.92 Å². The zero-order valence-corrected chi connectivity index (χ0v) is 12.5. The first-order valence-electron chi connectivity index (χ1n) is 7.83. The molecule has 1 aliphatic rings. The summed E-state index contributed by atoms with van der Waals surface area (Å²) in [6.45, 7) is 10.4. The highest BCUT2D eigenvalue weighted by molar-refractivity contribution is 5.32. The molecule has 2 nitrogen and oxygen atoms in total. The highest BCUT2D eigenvalue weighted by Crippen LogP contribution is 2.25. The van der Waals surface area contributed by atoms with E-state index in [0.717, 1.165) is 12.5 Å². The van der Waals surface area contributed by atoms with Crippen LogP contribution in [0.1, 0.15) is 31.4 Å². The summed E-state index contributed by atoms with van der Waals surface area (Å²) in [5.74, 6) is 0.811. The van der Waals surface area contributed by atoms with E-state index in [1.165, 1.54) is 45.4 Å². The molecule has 106 valence electrons. The maximum atomic E-state index is 3.64. The van der Waals surface area contributed by atoms with Crippen molar-refractivity contribution in [2.24, 2.45) is 5.92 Å². The summed E-state index contributed by atoms with van der Waals surface area (Å²) in [4.78, 5) is 2.49. The molecule has 1 aromatic carbocycles. The van der Waals surface area contributed by atoms with Crippen molar-refractivity contribution in [1.29, 1.82) is 0 Å². The van der Waals surface area contributed by atoms with Gasteiger partial charge in [-0.1, -0.05) is 38.1 Å². The van der Waals surface area contributed by atoms with Gasteiger partial charge in [-0.2, -0.15) is 0 Å². The minimum atomic E-state index is 0.811. The van der Waals surface area contributed by atoms with Crippen molar-refractivity contribution in [3.05, 3.63) is 35.4 Å². The van der Waals surface area contributed by atoms with Gasteiger partial charge in [0, 0.05) is 0 Å². The summed E-state index contributed by atoms with van der Waals surface area (Å²) in [5, 5.41) is 3.64. The van der Waals surface area contributed by atoms with Crippen LogP contribution >= 0.6 is 0 Å². The second-order valence-electron chi connectivity index (χ2n) is 5.63. The molecule has 0 saturated heterocycles. The van der Waals surface area contributed by atoms with Crippen molar-refractivity contribution in [3.63, 3.8) is 0 Å². The first-order valence-corrected chi connectivity index (χ1v) is 7.83. The van der Waals surface area contributed by atoms with Crippen LogP contribution in [-0.4, -0.2) is 37.6 Å². The topological polar surface area (TPSA) is 15.3 Å². The van der Waals surface area contributed by atoms with Gasteiger partial charge in [0.1, 0.15) is 0 Å². The molecule has 0 fully saturated rings. The second-order valence-corrected chi connectivity index (χ2v) is 5.63. The monoisotopic (exact) mass is 260 g/mol. The first kappa shape index (κ1) is 14.5. The van der Waals surface area contributed by atoms with Crippen LogP contribution in [0.4, 0.5) is 0 Å². The number of benzene rings is 1. The number of fused-ring (bicyclic) bond motifs is 1. The van der Waals surface area contributed by atoms with Gasteiger partial charge in [-0.25, -0.2) is 0 Å². The van der Waals surface area contributed by atoms with E-state index in [0.29, 0.717) is 0 Å². The van der Waals surface area contributed by atoms with Crippen LogP contribution in [0.3, 0.4) is 0 Å². The Labute approximate surface area is 118 Å². The van der Waals surface area contributed by atoms with E-state index in [1.807, 2.05) is 0 Å². The zero-order valence-electron chi connectivity index (χ0n) is 12.5. The second kappa shape index (κ2) is 7.66.